The van der Waals surface area contributed by atoms with Gasteiger partial charge in [-0.1, -0.05) is 0 Å². The van der Waals surface area contributed by atoms with Gasteiger partial charge in [0.05, 0.1) is 25.4 Å². The van der Waals surface area contributed by atoms with Gasteiger partial charge in [-0.05, 0) is 6.42 Å². The summed E-state index contributed by atoms with van der Waals surface area (Å²) in [6.45, 7) is 0.834. The molecule has 0 saturated carbocycles. The van der Waals surface area contributed by atoms with Crippen molar-refractivity contribution in [1.82, 2.24) is 0 Å². The summed E-state index contributed by atoms with van der Waals surface area (Å²) in [7, 11) is 0. The van der Waals surface area contributed by atoms with Crippen LogP contribution in [-0.2, 0) is 14.2 Å². The van der Waals surface area contributed by atoms with Crippen LogP contribution in [0.5, 0.6) is 0 Å². The first-order valence-electron chi connectivity index (χ1n) is 4.93. The van der Waals surface area contributed by atoms with E-state index >= 15 is 0 Å². The molecule has 5 heteroatoms. The summed E-state index contributed by atoms with van der Waals surface area (Å²) in [5.41, 5.74) is 0. The molecule has 2 aliphatic rings. The molecule has 0 aromatic rings. The van der Waals surface area contributed by atoms with E-state index in [0.717, 1.165) is 6.42 Å². The third-order valence-corrected chi connectivity index (χ3v) is 2.95. The predicted molar refractivity (Wildman–Crippen MR) is 46.6 cm³/mol. The van der Waals surface area contributed by atoms with Crippen molar-refractivity contribution < 1.29 is 24.4 Å². The quantitative estimate of drug-likeness (QED) is 0.624. The summed E-state index contributed by atoms with van der Waals surface area (Å²) >= 11 is 0. The zero-order chi connectivity index (χ0) is 9.97. The van der Waals surface area contributed by atoms with Gasteiger partial charge in [-0.25, -0.2) is 0 Å². The monoisotopic (exact) mass is 204 g/mol. The standard InChI is InChI=1S/C9H16O5/c10-3-7-6(1-2-12-7)9-8(4-11)13-5-14-9/h6-11H,1-5H2/t6-,7+,8-,9-/m1/s1. The molecule has 4 atom stereocenters. The van der Waals surface area contributed by atoms with Crippen LogP contribution in [0.4, 0.5) is 0 Å². The molecular weight excluding hydrogens is 188 g/mol. The highest BCUT2D eigenvalue weighted by molar-refractivity contribution is 4.88. The van der Waals surface area contributed by atoms with Crippen LogP contribution in [0.15, 0.2) is 0 Å². The molecule has 0 aromatic carbocycles. The van der Waals surface area contributed by atoms with Crippen LogP contribution < -0.4 is 0 Å². The molecule has 2 rings (SSSR count). The lowest BCUT2D eigenvalue weighted by atomic mass is 9.92. The number of aliphatic hydroxyl groups is 2. The molecule has 0 unspecified atom stereocenters. The molecule has 0 amide bonds. The zero-order valence-electron chi connectivity index (χ0n) is 7.96. The highest BCUT2D eigenvalue weighted by Crippen LogP contribution is 2.31. The van der Waals surface area contributed by atoms with E-state index in [1.165, 1.54) is 0 Å². The minimum Gasteiger partial charge on any atom is -0.394 e. The van der Waals surface area contributed by atoms with Crippen molar-refractivity contribution in [3.05, 3.63) is 0 Å². The molecule has 0 aliphatic carbocycles. The van der Waals surface area contributed by atoms with Crippen LogP contribution in [-0.4, -0.2) is 55.1 Å². The molecule has 0 spiro atoms. The molecule has 14 heavy (non-hydrogen) atoms. The van der Waals surface area contributed by atoms with E-state index in [2.05, 4.69) is 0 Å². The first kappa shape index (κ1) is 10.3. The van der Waals surface area contributed by atoms with Gasteiger partial charge in [0.15, 0.2) is 0 Å². The lowest BCUT2D eigenvalue weighted by molar-refractivity contribution is -0.0178. The Bertz CT molecular complexity index is 166. The molecule has 2 aliphatic heterocycles. The van der Waals surface area contributed by atoms with Crippen molar-refractivity contribution in [3.63, 3.8) is 0 Å². The fraction of sp³-hybridized carbons (Fsp3) is 1.00. The third kappa shape index (κ3) is 1.78. The van der Waals surface area contributed by atoms with Crippen LogP contribution in [0.25, 0.3) is 0 Å². The second-order valence-corrected chi connectivity index (χ2v) is 3.68. The highest BCUT2D eigenvalue weighted by atomic mass is 16.7. The second kappa shape index (κ2) is 4.55. The van der Waals surface area contributed by atoms with Gasteiger partial charge in [-0.15, -0.1) is 0 Å². The van der Waals surface area contributed by atoms with Crippen molar-refractivity contribution in [2.24, 2.45) is 5.92 Å². The van der Waals surface area contributed by atoms with Gasteiger partial charge >= 0.3 is 0 Å². The molecule has 82 valence electrons. The van der Waals surface area contributed by atoms with E-state index in [-0.39, 0.29) is 44.2 Å². The molecule has 2 heterocycles. The highest BCUT2D eigenvalue weighted by Gasteiger charge is 2.42. The Kier molecular flexibility index (Phi) is 3.35. The normalized spacial score (nSPS) is 43.3. The van der Waals surface area contributed by atoms with Crippen LogP contribution in [0.1, 0.15) is 6.42 Å². The topological polar surface area (TPSA) is 68.2 Å². The SMILES string of the molecule is OC[C@@H]1OCC[C@H]1[C@H]1OCO[C@@H]1CO. The van der Waals surface area contributed by atoms with Crippen LogP contribution in [0, 0.1) is 5.92 Å². The van der Waals surface area contributed by atoms with Gasteiger partial charge in [-0.2, -0.15) is 0 Å². The molecular formula is C9H16O5. The number of aliphatic hydroxyl groups excluding tert-OH is 2. The van der Waals surface area contributed by atoms with Crippen LogP contribution in [0.3, 0.4) is 0 Å². The van der Waals surface area contributed by atoms with E-state index in [1.807, 2.05) is 0 Å². The molecule has 2 N–H and O–H groups in total. The molecule has 0 aromatic heterocycles. The zero-order valence-corrected chi connectivity index (χ0v) is 7.96. The maximum atomic E-state index is 9.07. The third-order valence-electron chi connectivity index (χ3n) is 2.95. The van der Waals surface area contributed by atoms with E-state index in [1.54, 1.807) is 0 Å². The summed E-state index contributed by atoms with van der Waals surface area (Å²) in [6.07, 6.45) is 0.279. The van der Waals surface area contributed by atoms with Crippen molar-refractivity contribution >= 4 is 0 Å². The Morgan fingerprint density at radius 2 is 1.79 bits per heavy atom. The van der Waals surface area contributed by atoms with E-state index in [4.69, 9.17) is 24.4 Å². The Hall–Kier alpha value is -0.200. The summed E-state index contributed by atoms with van der Waals surface area (Å²) in [6, 6.07) is 0. The van der Waals surface area contributed by atoms with Gasteiger partial charge in [0.25, 0.3) is 0 Å². The molecule has 0 bridgehead atoms. The van der Waals surface area contributed by atoms with E-state index in [0.29, 0.717) is 6.61 Å². The van der Waals surface area contributed by atoms with Crippen molar-refractivity contribution in [2.75, 3.05) is 26.6 Å². The average molecular weight is 204 g/mol. The number of rotatable bonds is 3. The summed E-state index contributed by atoms with van der Waals surface area (Å²) in [5, 5.41) is 18.1. The lowest BCUT2D eigenvalue weighted by Gasteiger charge is -2.24. The summed E-state index contributed by atoms with van der Waals surface area (Å²) < 4.78 is 16.0. The van der Waals surface area contributed by atoms with Gasteiger partial charge in [-0.3, -0.25) is 0 Å². The Labute approximate surface area is 82.6 Å². The number of hydrogen-bond acceptors (Lipinski definition) is 5. The van der Waals surface area contributed by atoms with Gasteiger partial charge < -0.3 is 24.4 Å². The molecule has 0 radical (unpaired) electrons. The summed E-state index contributed by atoms with van der Waals surface area (Å²) in [5.74, 6) is 0.139. The first-order chi connectivity index (χ1) is 6.86. The minimum atomic E-state index is -0.268. The van der Waals surface area contributed by atoms with Gasteiger partial charge in [0.2, 0.25) is 0 Å². The predicted octanol–water partition coefficient (Wildman–Crippen LogP) is -0.882. The Morgan fingerprint density at radius 3 is 2.50 bits per heavy atom. The van der Waals surface area contributed by atoms with Gasteiger partial charge in [0, 0.05) is 12.5 Å². The molecule has 2 fully saturated rings. The van der Waals surface area contributed by atoms with E-state index < -0.39 is 0 Å². The van der Waals surface area contributed by atoms with E-state index in [9.17, 15) is 0 Å². The second-order valence-electron chi connectivity index (χ2n) is 3.68. The fourth-order valence-electron chi connectivity index (χ4n) is 2.19. The van der Waals surface area contributed by atoms with Gasteiger partial charge in [0.1, 0.15) is 12.9 Å². The molecule has 5 nitrogen and oxygen atoms in total. The molecule has 2 saturated heterocycles. The Morgan fingerprint density at radius 1 is 1.00 bits per heavy atom. The summed E-state index contributed by atoms with van der Waals surface area (Å²) in [4.78, 5) is 0. The van der Waals surface area contributed by atoms with Crippen molar-refractivity contribution in [3.8, 4) is 0 Å². The number of ether oxygens (including phenoxy) is 3. The lowest BCUT2D eigenvalue weighted by Crippen LogP contribution is -2.38. The van der Waals surface area contributed by atoms with Crippen molar-refractivity contribution in [2.45, 2.75) is 24.7 Å². The Balaban J connectivity index is 1.98. The van der Waals surface area contributed by atoms with Crippen LogP contribution in [0.2, 0.25) is 0 Å². The number of hydrogen-bond donors (Lipinski definition) is 2. The minimum absolute atomic E-state index is 0.00265. The van der Waals surface area contributed by atoms with Crippen molar-refractivity contribution in [1.29, 1.82) is 0 Å². The smallest absolute Gasteiger partial charge is 0.147 e. The average Bonchev–Trinajstić information content (AvgIpc) is 2.85. The first-order valence-corrected chi connectivity index (χ1v) is 4.93. The van der Waals surface area contributed by atoms with Crippen LogP contribution >= 0.6 is 0 Å². The maximum absolute atomic E-state index is 9.07. The fourth-order valence-corrected chi connectivity index (χ4v) is 2.19. The maximum Gasteiger partial charge on any atom is 0.147 e. The largest absolute Gasteiger partial charge is 0.394 e.